The molecule has 10 nitrogen and oxygen atoms in total. The quantitative estimate of drug-likeness (QED) is 0.600. The molecule has 3 aromatic rings. The molecule has 0 amide bonds. The molecule has 0 bridgehead atoms. The lowest BCUT2D eigenvalue weighted by molar-refractivity contribution is 0.0511. The van der Waals surface area contributed by atoms with Gasteiger partial charge in [0.05, 0.1) is 32.0 Å². The highest BCUT2D eigenvalue weighted by Crippen LogP contribution is 2.13. The molecule has 0 aliphatic carbocycles. The summed E-state index contributed by atoms with van der Waals surface area (Å²) in [5.41, 5.74) is 0.447. The number of benzene rings is 1. The highest BCUT2D eigenvalue weighted by Gasteiger charge is 2.15. The minimum Gasteiger partial charge on any atom is -0.492 e. The first-order chi connectivity index (χ1) is 13.5. The Labute approximate surface area is 159 Å². The molecule has 0 fully saturated rings. The molecule has 0 atom stereocenters. The summed E-state index contributed by atoms with van der Waals surface area (Å²) in [6.07, 6.45) is 1.40. The number of esters is 2. The number of ether oxygens (including phenoxy) is 3. The predicted octanol–water partition coefficient (Wildman–Crippen LogP) is 1.16. The van der Waals surface area contributed by atoms with Gasteiger partial charge in [-0.25, -0.2) is 14.6 Å². The van der Waals surface area contributed by atoms with Crippen LogP contribution in [-0.4, -0.2) is 52.0 Å². The Morgan fingerprint density at radius 1 is 1.18 bits per heavy atom. The maximum atomic E-state index is 12.3. The van der Waals surface area contributed by atoms with Crippen LogP contribution in [0.3, 0.4) is 0 Å². The number of hydrogen-bond donors (Lipinski definition) is 1. The number of carbonyl (C=O) groups excluding carboxylic acids is 2. The molecular weight excluding hydrogens is 368 g/mol. The Kier molecular flexibility index (Phi) is 5.68. The number of aromatic nitrogens is 4. The Balaban J connectivity index is 1.69. The average molecular weight is 386 g/mol. The van der Waals surface area contributed by atoms with Crippen LogP contribution in [0.2, 0.25) is 0 Å². The summed E-state index contributed by atoms with van der Waals surface area (Å²) >= 11 is 0. The van der Waals surface area contributed by atoms with Gasteiger partial charge in [-0.1, -0.05) is 0 Å². The maximum absolute atomic E-state index is 12.3. The molecule has 10 heteroatoms. The van der Waals surface area contributed by atoms with E-state index < -0.39 is 17.5 Å². The first-order valence-corrected chi connectivity index (χ1v) is 8.47. The molecule has 0 unspecified atom stereocenters. The first kappa shape index (κ1) is 19.1. The van der Waals surface area contributed by atoms with E-state index in [0.29, 0.717) is 11.3 Å². The molecule has 0 saturated carbocycles. The molecule has 0 aliphatic heterocycles. The number of nitrogens with zero attached hydrogens (tertiary/aromatic N) is 3. The Morgan fingerprint density at radius 2 is 1.93 bits per heavy atom. The molecular formula is C18H18N4O6. The molecule has 1 aromatic carbocycles. The zero-order valence-corrected chi connectivity index (χ0v) is 15.3. The van der Waals surface area contributed by atoms with Crippen molar-refractivity contribution in [3.05, 3.63) is 52.2 Å². The van der Waals surface area contributed by atoms with Crippen molar-refractivity contribution in [1.29, 1.82) is 0 Å². The van der Waals surface area contributed by atoms with Crippen molar-refractivity contribution in [3.63, 3.8) is 0 Å². The Morgan fingerprint density at radius 3 is 2.61 bits per heavy atom. The van der Waals surface area contributed by atoms with Crippen molar-refractivity contribution >= 4 is 23.0 Å². The molecule has 2 aromatic heterocycles. The van der Waals surface area contributed by atoms with Gasteiger partial charge in [-0.15, -0.1) is 0 Å². The van der Waals surface area contributed by atoms with Gasteiger partial charge < -0.3 is 14.2 Å². The van der Waals surface area contributed by atoms with Crippen LogP contribution in [0.5, 0.6) is 5.75 Å². The molecule has 0 spiro atoms. The molecule has 28 heavy (non-hydrogen) atoms. The van der Waals surface area contributed by atoms with Crippen LogP contribution in [-0.2, 0) is 16.0 Å². The van der Waals surface area contributed by atoms with Crippen molar-refractivity contribution in [1.82, 2.24) is 19.7 Å². The third kappa shape index (κ3) is 4.00. The topological polar surface area (TPSA) is 125 Å². The number of aromatic amines is 1. The van der Waals surface area contributed by atoms with E-state index in [9.17, 15) is 14.4 Å². The van der Waals surface area contributed by atoms with Gasteiger partial charge in [-0.05, 0) is 31.2 Å². The first-order valence-electron chi connectivity index (χ1n) is 8.47. The predicted molar refractivity (Wildman–Crippen MR) is 97.4 cm³/mol. The number of hydrogen-bond acceptors (Lipinski definition) is 8. The molecule has 3 rings (SSSR count). The standard InChI is InChI=1S/C18H18N4O6/c1-3-27-18(25)15-20-13-10-19-22(14(13)16(23)21-15)8-9-28-12-6-4-11(5-7-12)17(24)26-2/h4-7,10H,3,8-9H2,1-2H3,(H,20,21,23). The van der Waals surface area contributed by atoms with Crippen molar-refractivity contribution in [2.24, 2.45) is 0 Å². The number of nitrogens with one attached hydrogen (secondary N) is 1. The van der Waals surface area contributed by atoms with Crippen molar-refractivity contribution in [3.8, 4) is 5.75 Å². The summed E-state index contributed by atoms with van der Waals surface area (Å²) < 4.78 is 16.5. The maximum Gasteiger partial charge on any atom is 0.374 e. The SMILES string of the molecule is CCOC(=O)c1nc2cnn(CCOc3ccc(C(=O)OC)cc3)c2c(=O)[nH]1. The lowest BCUT2D eigenvalue weighted by Gasteiger charge is -2.08. The summed E-state index contributed by atoms with van der Waals surface area (Å²) in [5, 5.41) is 4.12. The third-order valence-electron chi connectivity index (χ3n) is 3.82. The zero-order chi connectivity index (χ0) is 20.1. The molecule has 1 N–H and O–H groups in total. The lowest BCUT2D eigenvalue weighted by atomic mass is 10.2. The fraction of sp³-hybridized carbons (Fsp3) is 0.278. The van der Waals surface area contributed by atoms with E-state index in [-0.39, 0.29) is 36.6 Å². The van der Waals surface area contributed by atoms with Crippen LogP contribution in [0.4, 0.5) is 0 Å². The van der Waals surface area contributed by atoms with Gasteiger partial charge in [0.15, 0.2) is 5.52 Å². The second kappa shape index (κ2) is 8.33. The second-order valence-electron chi connectivity index (χ2n) is 5.60. The number of methoxy groups -OCH3 is 1. The van der Waals surface area contributed by atoms with Gasteiger partial charge in [-0.2, -0.15) is 5.10 Å². The van der Waals surface area contributed by atoms with E-state index >= 15 is 0 Å². The molecule has 0 radical (unpaired) electrons. The minimum absolute atomic E-state index is 0.166. The summed E-state index contributed by atoms with van der Waals surface area (Å²) in [7, 11) is 1.31. The monoisotopic (exact) mass is 386 g/mol. The van der Waals surface area contributed by atoms with E-state index in [1.165, 1.54) is 18.0 Å². The fourth-order valence-electron chi connectivity index (χ4n) is 2.53. The molecule has 0 saturated heterocycles. The van der Waals surface area contributed by atoms with Crippen molar-refractivity contribution in [2.75, 3.05) is 20.3 Å². The third-order valence-corrected chi connectivity index (χ3v) is 3.82. The smallest absolute Gasteiger partial charge is 0.374 e. The van der Waals surface area contributed by atoms with Crippen molar-refractivity contribution < 1.29 is 23.8 Å². The summed E-state index contributed by atoms with van der Waals surface area (Å²) in [5.74, 6) is -0.738. The normalized spacial score (nSPS) is 10.6. The van der Waals surface area contributed by atoms with Crippen LogP contribution >= 0.6 is 0 Å². The van der Waals surface area contributed by atoms with Crippen LogP contribution in [0.15, 0.2) is 35.3 Å². The number of rotatable bonds is 7. The van der Waals surface area contributed by atoms with Gasteiger partial charge in [0.25, 0.3) is 5.56 Å². The van der Waals surface area contributed by atoms with E-state index in [2.05, 4.69) is 19.8 Å². The minimum atomic E-state index is -0.701. The second-order valence-corrected chi connectivity index (χ2v) is 5.60. The zero-order valence-electron chi connectivity index (χ0n) is 15.3. The average Bonchev–Trinajstić information content (AvgIpc) is 3.11. The highest BCUT2D eigenvalue weighted by atomic mass is 16.5. The van der Waals surface area contributed by atoms with Gasteiger partial charge in [0.1, 0.15) is 17.9 Å². The Bertz CT molecular complexity index is 1050. The van der Waals surface area contributed by atoms with Gasteiger partial charge in [-0.3, -0.25) is 14.5 Å². The van der Waals surface area contributed by atoms with E-state index in [1.807, 2.05) is 0 Å². The van der Waals surface area contributed by atoms with Crippen LogP contribution in [0, 0.1) is 0 Å². The number of H-pyrrole nitrogens is 1. The van der Waals surface area contributed by atoms with Crippen LogP contribution in [0.25, 0.3) is 11.0 Å². The fourth-order valence-corrected chi connectivity index (χ4v) is 2.53. The van der Waals surface area contributed by atoms with E-state index in [0.717, 1.165) is 0 Å². The summed E-state index contributed by atoms with van der Waals surface area (Å²) in [6.45, 7) is 2.35. The van der Waals surface area contributed by atoms with E-state index in [4.69, 9.17) is 9.47 Å². The van der Waals surface area contributed by atoms with Gasteiger partial charge >= 0.3 is 11.9 Å². The Hall–Kier alpha value is -3.69. The van der Waals surface area contributed by atoms with Crippen LogP contribution in [0.1, 0.15) is 27.9 Å². The van der Waals surface area contributed by atoms with Gasteiger partial charge in [0.2, 0.25) is 5.82 Å². The van der Waals surface area contributed by atoms with Gasteiger partial charge in [0, 0.05) is 0 Å². The number of carbonyl (C=O) groups is 2. The summed E-state index contributed by atoms with van der Waals surface area (Å²) in [4.78, 5) is 41.9. The number of fused-ring (bicyclic) bond motifs is 1. The van der Waals surface area contributed by atoms with E-state index in [1.54, 1.807) is 31.2 Å². The largest absolute Gasteiger partial charge is 0.492 e. The lowest BCUT2D eigenvalue weighted by Crippen LogP contribution is -2.20. The molecule has 146 valence electrons. The molecule has 2 heterocycles. The molecule has 0 aliphatic rings. The summed E-state index contributed by atoms with van der Waals surface area (Å²) in [6, 6.07) is 6.48. The highest BCUT2D eigenvalue weighted by molar-refractivity contribution is 5.89. The van der Waals surface area contributed by atoms with Crippen molar-refractivity contribution in [2.45, 2.75) is 13.5 Å². The van der Waals surface area contributed by atoms with Crippen LogP contribution < -0.4 is 10.3 Å².